The summed E-state index contributed by atoms with van der Waals surface area (Å²) < 4.78 is 1.67. The second kappa shape index (κ2) is 6.97. The highest BCUT2D eigenvalue weighted by atomic mass is 35.5. The molecule has 0 aliphatic carbocycles. The average Bonchev–Trinajstić information content (AvgIpc) is 2.91. The number of hydrogen-bond donors (Lipinski definition) is 1. The van der Waals surface area contributed by atoms with Crippen molar-refractivity contribution in [2.45, 2.75) is 13.8 Å². The first-order valence-electron chi connectivity index (χ1n) is 7.75. The fourth-order valence-electron chi connectivity index (χ4n) is 2.74. The van der Waals surface area contributed by atoms with Crippen molar-refractivity contribution in [3.8, 4) is 5.69 Å². The first kappa shape index (κ1) is 17.6. The minimum atomic E-state index is -0.589. The van der Waals surface area contributed by atoms with Crippen molar-refractivity contribution in [3.05, 3.63) is 80.6 Å². The van der Waals surface area contributed by atoms with Crippen LogP contribution in [0.2, 0.25) is 5.02 Å². The number of halogens is 1. The molecule has 3 rings (SSSR count). The quantitative estimate of drug-likeness (QED) is 0.547. The molecule has 0 bridgehead atoms. The third kappa shape index (κ3) is 3.29. The number of hydrogen-bond acceptors (Lipinski definition) is 4. The van der Waals surface area contributed by atoms with Gasteiger partial charge in [-0.3, -0.25) is 14.9 Å². The van der Waals surface area contributed by atoms with Gasteiger partial charge in [-0.25, -0.2) is 4.68 Å². The highest BCUT2D eigenvalue weighted by molar-refractivity contribution is 6.31. The fraction of sp³-hybridized carbons (Fsp3) is 0.111. The number of nitrogens with zero attached hydrogens (tertiary/aromatic N) is 3. The van der Waals surface area contributed by atoms with Gasteiger partial charge in [0.15, 0.2) is 0 Å². The number of aromatic nitrogens is 2. The van der Waals surface area contributed by atoms with E-state index < -0.39 is 10.8 Å². The molecule has 0 unspecified atom stereocenters. The van der Waals surface area contributed by atoms with Gasteiger partial charge in [0, 0.05) is 11.1 Å². The maximum atomic E-state index is 12.7. The second-order valence-corrected chi connectivity index (χ2v) is 6.10. The van der Waals surface area contributed by atoms with E-state index in [1.165, 1.54) is 18.2 Å². The van der Waals surface area contributed by atoms with Crippen molar-refractivity contribution in [1.82, 2.24) is 9.78 Å². The third-order valence-electron chi connectivity index (χ3n) is 3.92. The van der Waals surface area contributed by atoms with Gasteiger partial charge in [0.2, 0.25) is 0 Å². The second-order valence-electron chi connectivity index (χ2n) is 5.67. The summed E-state index contributed by atoms with van der Waals surface area (Å²) in [6.07, 6.45) is 0. The number of para-hydroxylation sites is 1. The Morgan fingerprint density at radius 1 is 1.19 bits per heavy atom. The molecule has 1 heterocycles. The number of carbonyl (C=O) groups excluding carboxylic acids is 1. The highest BCUT2D eigenvalue weighted by Gasteiger charge is 2.22. The van der Waals surface area contributed by atoms with Crippen LogP contribution in [0.15, 0.2) is 48.5 Å². The zero-order chi connectivity index (χ0) is 18.8. The summed E-state index contributed by atoms with van der Waals surface area (Å²) in [6.45, 7) is 3.50. The van der Waals surface area contributed by atoms with Gasteiger partial charge in [-0.15, -0.1) is 0 Å². The lowest BCUT2D eigenvalue weighted by Gasteiger charge is -2.07. The number of aryl methyl sites for hydroxylation is 1. The van der Waals surface area contributed by atoms with Crippen molar-refractivity contribution in [2.75, 3.05) is 5.32 Å². The lowest BCUT2D eigenvalue weighted by molar-refractivity contribution is -0.383. The van der Waals surface area contributed by atoms with Gasteiger partial charge in [0.1, 0.15) is 5.69 Å². The smallest absolute Gasteiger partial charge is 0.294 e. The van der Waals surface area contributed by atoms with Crippen molar-refractivity contribution in [1.29, 1.82) is 0 Å². The van der Waals surface area contributed by atoms with Crippen LogP contribution in [0.3, 0.4) is 0 Å². The van der Waals surface area contributed by atoms with Crippen LogP contribution in [0.1, 0.15) is 21.7 Å². The molecule has 0 spiro atoms. The first-order chi connectivity index (χ1) is 12.4. The number of benzene rings is 2. The van der Waals surface area contributed by atoms with Gasteiger partial charge in [-0.2, -0.15) is 5.10 Å². The Kier molecular flexibility index (Phi) is 4.73. The maximum absolute atomic E-state index is 12.7. The topological polar surface area (TPSA) is 90.1 Å². The van der Waals surface area contributed by atoms with E-state index >= 15 is 0 Å². The normalized spacial score (nSPS) is 10.6. The summed E-state index contributed by atoms with van der Waals surface area (Å²) in [5.41, 5.74) is 2.18. The summed E-state index contributed by atoms with van der Waals surface area (Å²) >= 11 is 5.81. The molecule has 8 heteroatoms. The maximum Gasteiger partial charge on any atom is 0.294 e. The van der Waals surface area contributed by atoms with Gasteiger partial charge in [0.05, 0.1) is 27.6 Å². The lowest BCUT2D eigenvalue weighted by Crippen LogP contribution is -2.15. The molecule has 0 radical (unpaired) electrons. The van der Waals surface area contributed by atoms with Gasteiger partial charge in [-0.1, -0.05) is 29.8 Å². The van der Waals surface area contributed by atoms with E-state index in [-0.39, 0.29) is 16.4 Å². The van der Waals surface area contributed by atoms with Crippen LogP contribution >= 0.6 is 11.6 Å². The number of anilines is 1. The van der Waals surface area contributed by atoms with E-state index in [0.29, 0.717) is 17.0 Å². The van der Waals surface area contributed by atoms with Gasteiger partial charge >= 0.3 is 0 Å². The van der Waals surface area contributed by atoms with E-state index in [2.05, 4.69) is 10.4 Å². The predicted octanol–water partition coefficient (Wildman–Crippen LogP) is 4.30. The number of nitro benzene ring substituents is 1. The Balaban J connectivity index is 1.97. The van der Waals surface area contributed by atoms with Crippen molar-refractivity contribution < 1.29 is 9.72 Å². The van der Waals surface area contributed by atoms with Crippen molar-refractivity contribution in [3.63, 3.8) is 0 Å². The first-order valence-corrected chi connectivity index (χ1v) is 8.13. The molecule has 0 atom stereocenters. The zero-order valence-electron chi connectivity index (χ0n) is 14.1. The monoisotopic (exact) mass is 370 g/mol. The van der Waals surface area contributed by atoms with E-state index in [1.54, 1.807) is 18.5 Å². The third-order valence-corrected chi connectivity index (χ3v) is 4.16. The lowest BCUT2D eigenvalue weighted by atomic mass is 10.1. The molecule has 0 aliphatic heterocycles. The molecular weight excluding hydrogens is 356 g/mol. The number of carbonyl (C=O) groups is 1. The van der Waals surface area contributed by atoms with Gasteiger partial charge in [0.25, 0.3) is 11.6 Å². The van der Waals surface area contributed by atoms with Gasteiger partial charge < -0.3 is 5.32 Å². The molecule has 1 amide bonds. The largest absolute Gasteiger partial charge is 0.316 e. The van der Waals surface area contributed by atoms with Crippen molar-refractivity contribution >= 4 is 28.9 Å². The van der Waals surface area contributed by atoms with Crippen LogP contribution < -0.4 is 5.32 Å². The van der Waals surface area contributed by atoms with E-state index in [0.717, 1.165) is 5.69 Å². The molecule has 1 N–H and O–H groups in total. The number of amides is 1. The van der Waals surface area contributed by atoms with E-state index in [9.17, 15) is 14.9 Å². The van der Waals surface area contributed by atoms with Crippen LogP contribution in [-0.2, 0) is 0 Å². The van der Waals surface area contributed by atoms with Crippen molar-refractivity contribution in [2.24, 2.45) is 0 Å². The Hall–Kier alpha value is -3.19. The summed E-state index contributed by atoms with van der Waals surface area (Å²) in [5, 5.41) is 18.4. The average molecular weight is 371 g/mol. The van der Waals surface area contributed by atoms with Crippen LogP contribution in [-0.4, -0.2) is 20.6 Å². The Labute approximate surface area is 154 Å². The molecule has 0 aliphatic rings. The number of rotatable bonds is 4. The summed E-state index contributed by atoms with van der Waals surface area (Å²) in [5.74, 6) is -0.465. The number of nitro groups is 1. The fourth-order valence-corrected chi connectivity index (χ4v) is 2.90. The molecule has 0 fully saturated rings. The molecule has 2 aromatic carbocycles. The van der Waals surface area contributed by atoms with Crippen LogP contribution in [0.5, 0.6) is 0 Å². The molecule has 0 saturated carbocycles. The van der Waals surface area contributed by atoms with Crippen LogP contribution in [0, 0.1) is 24.0 Å². The van der Waals surface area contributed by atoms with E-state index in [1.807, 2.05) is 30.3 Å². The molecular formula is C18H15ClN4O3. The molecule has 0 saturated heterocycles. The minimum absolute atomic E-state index is 0.0793. The highest BCUT2D eigenvalue weighted by Crippen LogP contribution is 2.29. The van der Waals surface area contributed by atoms with Gasteiger partial charge in [-0.05, 0) is 38.1 Å². The SMILES string of the molecule is Cc1nn(-c2ccccc2)c(C)c1C(=O)Nc1ccc(Cl)cc1[N+](=O)[O-]. The molecule has 1 aromatic heterocycles. The Morgan fingerprint density at radius 3 is 2.54 bits per heavy atom. The zero-order valence-corrected chi connectivity index (χ0v) is 14.8. The standard InChI is InChI=1S/C18H15ClN4O3/c1-11-17(12(2)22(21-11)14-6-4-3-5-7-14)18(24)20-15-9-8-13(19)10-16(15)23(25)26/h3-10H,1-2H3,(H,20,24). The Morgan fingerprint density at radius 2 is 1.88 bits per heavy atom. The minimum Gasteiger partial charge on any atom is -0.316 e. The summed E-state index contributed by atoms with van der Waals surface area (Å²) in [7, 11) is 0. The summed E-state index contributed by atoms with van der Waals surface area (Å²) in [6, 6.07) is 13.5. The molecule has 132 valence electrons. The van der Waals surface area contributed by atoms with Crippen LogP contribution in [0.4, 0.5) is 11.4 Å². The Bertz CT molecular complexity index is 999. The van der Waals surface area contributed by atoms with Crippen LogP contribution in [0.25, 0.3) is 5.69 Å². The van der Waals surface area contributed by atoms with E-state index in [4.69, 9.17) is 11.6 Å². The molecule has 7 nitrogen and oxygen atoms in total. The summed E-state index contributed by atoms with van der Waals surface area (Å²) in [4.78, 5) is 23.3. The number of nitrogens with one attached hydrogen (secondary N) is 1. The molecule has 26 heavy (non-hydrogen) atoms. The predicted molar refractivity (Wildman–Crippen MR) is 99.1 cm³/mol. The molecule has 3 aromatic rings.